The second-order valence-electron chi connectivity index (χ2n) is 6.47. The lowest BCUT2D eigenvalue weighted by Gasteiger charge is -2.22. The van der Waals surface area contributed by atoms with Crippen molar-refractivity contribution in [1.82, 2.24) is 10.1 Å². The summed E-state index contributed by atoms with van der Waals surface area (Å²) in [6.07, 6.45) is 3.10. The molecule has 1 aliphatic rings. The molecular formula is C21H17N3O5. The monoisotopic (exact) mass is 391 g/mol. The van der Waals surface area contributed by atoms with Gasteiger partial charge < -0.3 is 14.4 Å². The molecule has 0 unspecified atom stereocenters. The molecule has 29 heavy (non-hydrogen) atoms. The second-order valence-corrected chi connectivity index (χ2v) is 6.47. The number of aliphatic hydroxyl groups is 1. The zero-order chi connectivity index (χ0) is 20.5. The number of aryl methyl sites for hydroxylation is 1. The fourth-order valence-electron chi connectivity index (χ4n) is 3.30. The minimum absolute atomic E-state index is 0.0352. The van der Waals surface area contributed by atoms with Crippen LogP contribution in [0.4, 0.5) is 5.82 Å². The lowest BCUT2D eigenvalue weighted by molar-refractivity contribution is -0.132. The summed E-state index contributed by atoms with van der Waals surface area (Å²) in [6, 6.07) is 10.6. The van der Waals surface area contributed by atoms with E-state index in [1.807, 2.05) is 0 Å². The van der Waals surface area contributed by atoms with Gasteiger partial charge in [0.25, 0.3) is 5.78 Å². The van der Waals surface area contributed by atoms with Gasteiger partial charge in [0.05, 0.1) is 18.7 Å². The molecule has 1 fully saturated rings. The van der Waals surface area contributed by atoms with Gasteiger partial charge in [0, 0.05) is 24.0 Å². The third-order valence-electron chi connectivity index (χ3n) is 4.69. The number of ether oxygens (including phenoxy) is 1. The Hall–Kier alpha value is -3.94. The smallest absolute Gasteiger partial charge is 0.301 e. The molecule has 1 atom stereocenters. The number of Topliss-reactive ketones (excluding diaryl/α,β-unsaturated/α-hetero) is 1. The number of pyridine rings is 1. The first-order chi connectivity index (χ1) is 14.0. The molecule has 0 saturated carbocycles. The molecule has 1 saturated heterocycles. The van der Waals surface area contributed by atoms with Gasteiger partial charge in [-0.15, -0.1) is 0 Å². The van der Waals surface area contributed by atoms with Crippen molar-refractivity contribution in [2.75, 3.05) is 12.0 Å². The van der Waals surface area contributed by atoms with E-state index in [1.54, 1.807) is 61.8 Å². The Morgan fingerprint density at radius 2 is 1.83 bits per heavy atom. The van der Waals surface area contributed by atoms with Crippen LogP contribution in [0.1, 0.15) is 22.9 Å². The summed E-state index contributed by atoms with van der Waals surface area (Å²) in [5.41, 5.74) is 0.959. The van der Waals surface area contributed by atoms with Crippen molar-refractivity contribution in [1.29, 1.82) is 0 Å². The Morgan fingerprint density at radius 3 is 2.41 bits per heavy atom. The van der Waals surface area contributed by atoms with E-state index >= 15 is 0 Å². The Labute approximate surface area is 166 Å². The minimum atomic E-state index is -0.871. The molecule has 0 spiro atoms. The third-order valence-corrected chi connectivity index (χ3v) is 4.69. The molecule has 2 aromatic heterocycles. The van der Waals surface area contributed by atoms with E-state index in [9.17, 15) is 14.7 Å². The summed E-state index contributed by atoms with van der Waals surface area (Å²) in [5.74, 6) is -0.594. The zero-order valence-electron chi connectivity index (χ0n) is 15.7. The fourth-order valence-corrected chi connectivity index (χ4v) is 3.30. The molecule has 0 bridgehead atoms. The number of hydrogen-bond donors (Lipinski definition) is 1. The van der Waals surface area contributed by atoms with Crippen molar-refractivity contribution in [2.24, 2.45) is 0 Å². The lowest BCUT2D eigenvalue weighted by atomic mass is 9.96. The van der Waals surface area contributed by atoms with E-state index in [2.05, 4.69) is 10.1 Å². The number of hydrogen-bond acceptors (Lipinski definition) is 7. The van der Waals surface area contributed by atoms with Gasteiger partial charge in [-0.2, -0.15) is 0 Å². The molecule has 1 aromatic carbocycles. The number of carbonyl (C=O) groups is 2. The molecule has 146 valence electrons. The van der Waals surface area contributed by atoms with Gasteiger partial charge >= 0.3 is 5.91 Å². The average Bonchev–Trinajstić information content (AvgIpc) is 3.29. The van der Waals surface area contributed by atoms with Gasteiger partial charge in [0.1, 0.15) is 17.3 Å². The number of ketones is 1. The molecule has 3 aromatic rings. The van der Waals surface area contributed by atoms with E-state index in [0.717, 1.165) is 0 Å². The van der Waals surface area contributed by atoms with Gasteiger partial charge in [0.2, 0.25) is 0 Å². The lowest BCUT2D eigenvalue weighted by Crippen LogP contribution is -2.29. The third kappa shape index (κ3) is 3.14. The molecule has 3 heterocycles. The van der Waals surface area contributed by atoms with E-state index < -0.39 is 17.7 Å². The van der Waals surface area contributed by atoms with Crippen molar-refractivity contribution < 1.29 is 24.0 Å². The van der Waals surface area contributed by atoms with E-state index in [-0.39, 0.29) is 17.2 Å². The van der Waals surface area contributed by atoms with Crippen molar-refractivity contribution in [2.45, 2.75) is 13.0 Å². The first-order valence-corrected chi connectivity index (χ1v) is 8.80. The van der Waals surface area contributed by atoms with Crippen LogP contribution in [-0.4, -0.2) is 34.0 Å². The number of amides is 1. The maximum absolute atomic E-state index is 12.9. The number of benzene rings is 1. The van der Waals surface area contributed by atoms with Crippen molar-refractivity contribution in [3.05, 3.63) is 77.3 Å². The minimum Gasteiger partial charge on any atom is -0.507 e. The summed E-state index contributed by atoms with van der Waals surface area (Å²) in [4.78, 5) is 31.0. The van der Waals surface area contributed by atoms with Crippen molar-refractivity contribution in [3.63, 3.8) is 0 Å². The molecule has 8 nitrogen and oxygen atoms in total. The van der Waals surface area contributed by atoms with Gasteiger partial charge in [-0.3, -0.25) is 19.5 Å². The summed E-state index contributed by atoms with van der Waals surface area (Å²) < 4.78 is 10.2. The van der Waals surface area contributed by atoms with E-state index in [0.29, 0.717) is 22.6 Å². The SMILES string of the molecule is COc1ccc(C(O)=C2C(=O)C(=O)N(c3cc(C)on3)[C@H]2c2ccncc2)cc1. The van der Waals surface area contributed by atoms with Crippen LogP contribution in [-0.2, 0) is 9.59 Å². The van der Waals surface area contributed by atoms with Crippen LogP contribution in [0.25, 0.3) is 5.76 Å². The highest BCUT2D eigenvalue weighted by Crippen LogP contribution is 2.41. The van der Waals surface area contributed by atoms with Crippen molar-refractivity contribution >= 4 is 23.3 Å². The molecule has 8 heteroatoms. The number of nitrogens with zero attached hydrogens (tertiary/aromatic N) is 3. The molecule has 1 amide bonds. The average molecular weight is 391 g/mol. The Kier molecular flexibility index (Phi) is 4.59. The van der Waals surface area contributed by atoms with Gasteiger partial charge in [-0.1, -0.05) is 5.16 Å². The van der Waals surface area contributed by atoms with Crippen LogP contribution in [0.3, 0.4) is 0 Å². The number of rotatable bonds is 4. The first-order valence-electron chi connectivity index (χ1n) is 8.80. The summed E-state index contributed by atoms with van der Waals surface area (Å²) >= 11 is 0. The standard InChI is InChI=1S/C21H17N3O5/c1-12-11-16(23-29-12)24-18(13-7-9-22-10-8-13)17(20(26)21(24)27)19(25)14-3-5-15(28-2)6-4-14/h3-11,18,25H,1-2H3/t18-/m0/s1. The predicted octanol–water partition coefficient (Wildman–Crippen LogP) is 3.01. The van der Waals surface area contributed by atoms with Crippen LogP contribution < -0.4 is 9.64 Å². The molecule has 0 aliphatic carbocycles. The van der Waals surface area contributed by atoms with Gasteiger partial charge in [-0.25, -0.2) is 0 Å². The highest BCUT2D eigenvalue weighted by Gasteiger charge is 2.48. The zero-order valence-corrected chi connectivity index (χ0v) is 15.7. The van der Waals surface area contributed by atoms with E-state index in [4.69, 9.17) is 9.26 Å². The molecule has 1 aliphatic heterocycles. The van der Waals surface area contributed by atoms with Crippen LogP contribution in [0.2, 0.25) is 0 Å². The molecular weight excluding hydrogens is 374 g/mol. The normalized spacial score (nSPS) is 18.3. The van der Waals surface area contributed by atoms with Crippen LogP contribution >= 0.6 is 0 Å². The number of carbonyl (C=O) groups excluding carboxylic acids is 2. The number of aromatic nitrogens is 2. The molecule has 1 N–H and O–H groups in total. The highest BCUT2D eigenvalue weighted by molar-refractivity contribution is 6.51. The number of aliphatic hydroxyl groups excluding tert-OH is 1. The van der Waals surface area contributed by atoms with Crippen LogP contribution in [0.15, 0.2) is 65.0 Å². The maximum Gasteiger partial charge on any atom is 0.301 e. The first kappa shape index (κ1) is 18.4. The van der Waals surface area contributed by atoms with E-state index in [1.165, 1.54) is 12.0 Å². The van der Waals surface area contributed by atoms with Gasteiger partial charge in [-0.05, 0) is 48.9 Å². The predicted molar refractivity (Wildman–Crippen MR) is 103 cm³/mol. The summed E-state index contributed by atoms with van der Waals surface area (Å²) in [5, 5.41) is 14.8. The second kappa shape index (κ2) is 7.23. The Morgan fingerprint density at radius 1 is 1.14 bits per heavy atom. The van der Waals surface area contributed by atoms with Crippen LogP contribution in [0, 0.1) is 6.92 Å². The van der Waals surface area contributed by atoms with Crippen molar-refractivity contribution in [3.8, 4) is 5.75 Å². The number of methoxy groups -OCH3 is 1. The molecule has 0 radical (unpaired) electrons. The summed E-state index contributed by atoms with van der Waals surface area (Å²) in [6.45, 7) is 1.69. The fraction of sp³-hybridized carbons (Fsp3) is 0.143. The Bertz CT molecular complexity index is 1100. The topological polar surface area (TPSA) is 106 Å². The van der Waals surface area contributed by atoms with Crippen LogP contribution in [0.5, 0.6) is 5.75 Å². The van der Waals surface area contributed by atoms with Gasteiger partial charge in [0.15, 0.2) is 5.82 Å². The quantitative estimate of drug-likeness (QED) is 0.414. The maximum atomic E-state index is 12.9. The molecule has 4 rings (SSSR count). The summed E-state index contributed by atoms with van der Waals surface area (Å²) in [7, 11) is 1.53. The number of anilines is 1. The largest absolute Gasteiger partial charge is 0.507 e. The highest BCUT2D eigenvalue weighted by atomic mass is 16.5. The Balaban J connectivity index is 1.90.